The lowest BCUT2D eigenvalue weighted by molar-refractivity contribution is -0.143. The molecule has 7 nitrogen and oxygen atoms in total. The number of ether oxygens (including phenoxy) is 2. The summed E-state index contributed by atoms with van der Waals surface area (Å²) < 4.78 is 36.8. The van der Waals surface area contributed by atoms with E-state index in [1.165, 1.54) is 12.1 Å². The first-order chi connectivity index (χ1) is 12.4. The van der Waals surface area contributed by atoms with Gasteiger partial charge >= 0.3 is 5.97 Å². The van der Waals surface area contributed by atoms with Crippen LogP contribution in [-0.4, -0.2) is 27.5 Å². The van der Waals surface area contributed by atoms with E-state index < -0.39 is 22.5 Å². The molecule has 0 aromatic heterocycles. The van der Waals surface area contributed by atoms with Gasteiger partial charge in [0.1, 0.15) is 18.9 Å². The third-order valence-corrected chi connectivity index (χ3v) is 4.75. The summed E-state index contributed by atoms with van der Waals surface area (Å²) in [6.45, 7) is 1.83. The fourth-order valence-electron chi connectivity index (χ4n) is 2.01. The van der Waals surface area contributed by atoms with Gasteiger partial charge in [0.25, 0.3) is 0 Å². The Hall–Kier alpha value is -2.89. The van der Waals surface area contributed by atoms with Crippen molar-refractivity contribution in [3.05, 3.63) is 59.7 Å². The number of hydrogen-bond acceptors (Lipinski definition) is 6. The van der Waals surface area contributed by atoms with Gasteiger partial charge < -0.3 is 9.47 Å². The van der Waals surface area contributed by atoms with E-state index in [1.54, 1.807) is 36.4 Å². The number of nitrogens with one attached hydrogen (secondary N) is 1. The fourth-order valence-corrected chi connectivity index (χ4v) is 2.98. The molecule has 0 atom stereocenters. The molecule has 0 bridgehead atoms. The van der Waals surface area contributed by atoms with Gasteiger partial charge in [-0.3, -0.25) is 4.79 Å². The Labute approximate surface area is 152 Å². The standard InChI is InChI=1S/C18H18N2O5S/c1-2-24-16-7-9-17(10-8-16)26(22,23)20-12-18(21)25-13-15-5-3-14(11-19)4-6-15/h3-10,20H,2,12-13H2,1H3. The van der Waals surface area contributed by atoms with Crippen molar-refractivity contribution in [2.45, 2.75) is 18.4 Å². The number of carbonyl (C=O) groups excluding carboxylic acids is 1. The normalized spacial score (nSPS) is 10.8. The van der Waals surface area contributed by atoms with E-state index in [0.29, 0.717) is 23.5 Å². The molecule has 8 heteroatoms. The van der Waals surface area contributed by atoms with Crippen LogP contribution in [0.5, 0.6) is 5.75 Å². The lowest BCUT2D eigenvalue weighted by Gasteiger charge is -2.08. The summed E-state index contributed by atoms with van der Waals surface area (Å²) in [5.41, 5.74) is 1.20. The SMILES string of the molecule is CCOc1ccc(S(=O)(=O)NCC(=O)OCc2ccc(C#N)cc2)cc1. The number of esters is 1. The van der Waals surface area contributed by atoms with Gasteiger partial charge in [0.05, 0.1) is 23.1 Å². The average molecular weight is 374 g/mol. The molecule has 0 aliphatic carbocycles. The third kappa shape index (κ3) is 5.58. The van der Waals surface area contributed by atoms with Crippen LogP contribution in [0.25, 0.3) is 0 Å². The van der Waals surface area contributed by atoms with Gasteiger partial charge in [-0.05, 0) is 48.9 Å². The Bertz CT molecular complexity index is 885. The largest absolute Gasteiger partial charge is 0.494 e. The predicted octanol–water partition coefficient (Wildman–Crippen LogP) is 1.98. The van der Waals surface area contributed by atoms with Gasteiger partial charge in [-0.1, -0.05) is 12.1 Å². The fraction of sp³-hybridized carbons (Fsp3) is 0.222. The molecule has 0 amide bonds. The highest BCUT2D eigenvalue weighted by Gasteiger charge is 2.16. The number of carbonyl (C=O) groups is 1. The molecule has 1 N–H and O–H groups in total. The summed E-state index contributed by atoms with van der Waals surface area (Å²) >= 11 is 0. The molecule has 0 spiro atoms. The summed E-state index contributed by atoms with van der Waals surface area (Å²) in [7, 11) is -3.82. The molecule has 26 heavy (non-hydrogen) atoms. The highest BCUT2D eigenvalue weighted by atomic mass is 32.2. The van der Waals surface area contributed by atoms with E-state index in [1.807, 2.05) is 13.0 Å². The first-order valence-electron chi connectivity index (χ1n) is 7.82. The highest BCUT2D eigenvalue weighted by molar-refractivity contribution is 7.89. The molecule has 0 unspecified atom stereocenters. The Morgan fingerprint density at radius 1 is 1.12 bits per heavy atom. The zero-order valence-electron chi connectivity index (χ0n) is 14.1. The van der Waals surface area contributed by atoms with E-state index in [-0.39, 0.29) is 11.5 Å². The smallest absolute Gasteiger partial charge is 0.321 e. The lowest BCUT2D eigenvalue weighted by atomic mass is 10.2. The Morgan fingerprint density at radius 3 is 2.35 bits per heavy atom. The summed E-state index contributed by atoms with van der Waals surface area (Å²) in [5.74, 6) is -0.142. The average Bonchev–Trinajstić information content (AvgIpc) is 2.66. The number of hydrogen-bond donors (Lipinski definition) is 1. The topological polar surface area (TPSA) is 105 Å². The molecule has 0 saturated heterocycles. The van der Waals surface area contributed by atoms with Crippen molar-refractivity contribution in [1.29, 1.82) is 5.26 Å². The maximum Gasteiger partial charge on any atom is 0.321 e. The first kappa shape index (κ1) is 19.4. The summed E-state index contributed by atoms with van der Waals surface area (Å²) in [6.07, 6.45) is 0. The number of rotatable bonds is 8. The zero-order chi connectivity index (χ0) is 19.0. The quantitative estimate of drug-likeness (QED) is 0.708. The minimum Gasteiger partial charge on any atom is -0.494 e. The van der Waals surface area contributed by atoms with Crippen molar-refractivity contribution < 1.29 is 22.7 Å². The molecule has 136 valence electrons. The summed E-state index contributed by atoms with van der Waals surface area (Å²) in [4.78, 5) is 11.8. The highest BCUT2D eigenvalue weighted by Crippen LogP contribution is 2.15. The second-order valence-corrected chi connectivity index (χ2v) is 6.97. The molecular weight excluding hydrogens is 356 g/mol. The first-order valence-corrected chi connectivity index (χ1v) is 9.30. The molecule has 0 heterocycles. The lowest BCUT2D eigenvalue weighted by Crippen LogP contribution is -2.30. The van der Waals surface area contributed by atoms with E-state index >= 15 is 0 Å². The molecule has 2 aromatic rings. The Kier molecular flexibility index (Phi) is 6.72. The van der Waals surface area contributed by atoms with Crippen LogP contribution in [0.1, 0.15) is 18.1 Å². The maximum absolute atomic E-state index is 12.2. The van der Waals surface area contributed by atoms with Crippen LogP contribution < -0.4 is 9.46 Å². The molecule has 2 rings (SSSR count). The molecule has 2 aromatic carbocycles. The van der Waals surface area contributed by atoms with Crippen LogP contribution in [0.2, 0.25) is 0 Å². The van der Waals surface area contributed by atoms with Crippen LogP contribution in [0.4, 0.5) is 0 Å². The molecule has 0 aliphatic heterocycles. The molecule has 0 radical (unpaired) electrons. The van der Waals surface area contributed by atoms with Crippen molar-refractivity contribution in [1.82, 2.24) is 4.72 Å². The summed E-state index contributed by atoms with van der Waals surface area (Å²) in [5, 5.41) is 8.72. The molecule has 0 saturated carbocycles. The van der Waals surface area contributed by atoms with Crippen molar-refractivity contribution >= 4 is 16.0 Å². The van der Waals surface area contributed by atoms with Gasteiger partial charge in [-0.25, -0.2) is 8.42 Å². The second kappa shape index (κ2) is 8.99. The Morgan fingerprint density at radius 2 is 1.77 bits per heavy atom. The van der Waals surface area contributed by atoms with Crippen molar-refractivity contribution in [2.75, 3.05) is 13.2 Å². The monoisotopic (exact) mass is 374 g/mol. The van der Waals surface area contributed by atoms with Crippen LogP contribution in [0.3, 0.4) is 0 Å². The van der Waals surface area contributed by atoms with Gasteiger partial charge in [0.2, 0.25) is 10.0 Å². The van der Waals surface area contributed by atoms with E-state index in [9.17, 15) is 13.2 Å². The van der Waals surface area contributed by atoms with Gasteiger partial charge in [-0.2, -0.15) is 9.98 Å². The summed E-state index contributed by atoms with van der Waals surface area (Å²) in [6, 6.07) is 14.4. The minimum atomic E-state index is -3.82. The van der Waals surface area contributed by atoms with Crippen LogP contribution in [0.15, 0.2) is 53.4 Å². The number of nitrogens with zero attached hydrogens (tertiary/aromatic N) is 1. The van der Waals surface area contributed by atoms with E-state index in [4.69, 9.17) is 14.7 Å². The predicted molar refractivity (Wildman–Crippen MR) is 93.8 cm³/mol. The second-order valence-electron chi connectivity index (χ2n) is 5.20. The van der Waals surface area contributed by atoms with Gasteiger partial charge in [0.15, 0.2) is 0 Å². The minimum absolute atomic E-state index is 0.00464. The number of nitriles is 1. The molecule has 0 fully saturated rings. The van der Waals surface area contributed by atoms with Crippen LogP contribution >= 0.6 is 0 Å². The molecular formula is C18H18N2O5S. The van der Waals surface area contributed by atoms with Crippen LogP contribution in [0, 0.1) is 11.3 Å². The van der Waals surface area contributed by atoms with E-state index in [0.717, 1.165) is 0 Å². The van der Waals surface area contributed by atoms with Crippen molar-refractivity contribution in [3.63, 3.8) is 0 Å². The van der Waals surface area contributed by atoms with Gasteiger partial charge in [0, 0.05) is 0 Å². The zero-order valence-corrected chi connectivity index (χ0v) is 15.0. The van der Waals surface area contributed by atoms with Crippen molar-refractivity contribution in [2.24, 2.45) is 0 Å². The van der Waals surface area contributed by atoms with Crippen LogP contribution in [-0.2, 0) is 26.2 Å². The molecule has 0 aliphatic rings. The number of sulfonamides is 1. The number of benzene rings is 2. The van der Waals surface area contributed by atoms with E-state index in [2.05, 4.69) is 4.72 Å². The third-order valence-electron chi connectivity index (χ3n) is 3.33. The van der Waals surface area contributed by atoms with Gasteiger partial charge in [-0.15, -0.1) is 0 Å². The maximum atomic E-state index is 12.2. The van der Waals surface area contributed by atoms with Crippen molar-refractivity contribution in [3.8, 4) is 11.8 Å². The Balaban J connectivity index is 1.85.